The third-order valence-electron chi connectivity index (χ3n) is 5.31. The first-order valence-electron chi connectivity index (χ1n) is 10.2. The normalized spacial score (nSPS) is 13.9. The first kappa shape index (κ1) is 18.3. The Hall–Kier alpha value is -3.74. The van der Waals surface area contributed by atoms with Gasteiger partial charge in [-0.3, -0.25) is 4.79 Å². The highest BCUT2D eigenvalue weighted by Gasteiger charge is 2.20. The first-order chi connectivity index (χ1) is 14.8. The van der Waals surface area contributed by atoms with Gasteiger partial charge in [0, 0.05) is 37.3 Å². The van der Waals surface area contributed by atoms with Gasteiger partial charge in [-0.05, 0) is 18.6 Å². The van der Waals surface area contributed by atoms with Crippen molar-refractivity contribution in [2.75, 3.05) is 18.4 Å². The van der Waals surface area contributed by atoms with E-state index in [1.807, 2.05) is 70.1 Å². The standard InChI is InChI=1S/C23H22N6O/c30-19-12-7-13-28(19)14-15-29-16-24-20-22(25-18-10-5-2-6-11-18)26-21(27-23(20)29)17-8-3-1-4-9-17/h1-6,8-11,16H,7,12-15H2,(H,25,26,27). The summed E-state index contributed by atoms with van der Waals surface area (Å²) in [5, 5.41) is 3.38. The van der Waals surface area contributed by atoms with Crippen molar-refractivity contribution in [3.63, 3.8) is 0 Å². The minimum Gasteiger partial charge on any atom is -0.341 e. The van der Waals surface area contributed by atoms with E-state index < -0.39 is 0 Å². The van der Waals surface area contributed by atoms with E-state index >= 15 is 0 Å². The molecule has 4 aromatic rings. The van der Waals surface area contributed by atoms with Gasteiger partial charge in [-0.15, -0.1) is 0 Å². The van der Waals surface area contributed by atoms with Crippen molar-refractivity contribution >= 4 is 28.6 Å². The van der Waals surface area contributed by atoms with E-state index in [0.29, 0.717) is 36.7 Å². The van der Waals surface area contributed by atoms with Gasteiger partial charge in [-0.2, -0.15) is 0 Å². The molecule has 3 heterocycles. The third kappa shape index (κ3) is 3.61. The summed E-state index contributed by atoms with van der Waals surface area (Å²) in [6.45, 7) is 2.14. The lowest BCUT2D eigenvalue weighted by Gasteiger charge is -2.16. The number of rotatable bonds is 6. The molecule has 0 bridgehead atoms. The van der Waals surface area contributed by atoms with E-state index in [1.54, 1.807) is 6.33 Å². The first-order valence-corrected chi connectivity index (χ1v) is 10.2. The predicted octanol–water partition coefficient (Wildman–Crippen LogP) is 3.86. The topological polar surface area (TPSA) is 75.9 Å². The lowest BCUT2D eigenvalue weighted by atomic mass is 10.2. The van der Waals surface area contributed by atoms with Crippen molar-refractivity contribution < 1.29 is 4.79 Å². The maximum Gasteiger partial charge on any atom is 0.222 e. The van der Waals surface area contributed by atoms with Gasteiger partial charge in [0.25, 0.3) is 0 Å². The molecule has 0 saturated carbocycles. The zero-order valence-electron chi connectivity index (χ0n) is 16.5. The van der Waals surface area contributed by atoms with Crippen LogP contribution in [0.5, 0.6) is 0 Å². The molecule has 1 aliphatic rings. The summed E-state index contributed by atoms with van der Waals surface area (Å²) in [5.74, 6) is 1.53. The molecule has 0 aliphatic carbocycles. The highest BCUT2D eigenvalue weighted by molar-refractivity contribution is 5.87. The summed E-state index contributed by atoms with van der Waals surface area (Å²) in [5.41, 5.74) is 3.35. The number of hydrogen-bond donors (Lipinski definition) is 1. The Morgan fingerprint density at radius 1 is 0.933 bits per heavy atom. The average molecular weight is 398 g/mol. The Labute approximate surface area is 174 Å². The monoisotopic (exact) mass is 398 g/mol. The number of imidazole rings is 1. The fraction of sp³-hybridized carbons (Fsp3) is 0.217. The van der Waals surface area contributed by atoms with Gasteiger partial charge in [-0.25, -0.2) is 15.0 Å². The molecule has 7 heteroatoms. The van der Waals surface area contributed by atoms with Crippen molar-refractivity contribution in [3.05, 3.63) is 67.0 Å². The van der Waals surface area contributed by atoms with Crippen LogP contribution in [-0.2, 0) is 11.3 Å². The van der Waals surface area contributed by atoms with Gasteiger partial charge in [-0.1, -0.05) is 48.5 Å². The minimum atomic E-state index is 0.227. The Morgan fingerprint density at radius 2 is 1.70 bits per heavy atom. The Bertz CT molecular complexity index is 1170. The van der Waals surface area contributed by atoms with Gasteiger partial charge in [0.15, 0.2) is 22.8 Å². The Morgan fingerprint density at radius 3 is 2.43 bits per heavy atom. The smallest absolute Gasteiger partial charge is 0.222 e. The molecule has 7 nitrogen and oxygen atoms in total. The van der Waals surface area contributed by atoms with Crippen molar-refractivity contribution in [2.24, 2.45) is 0 Å². The molecule has 2 aromatic carbocycles. The van der Waals surface area contributed by atoms with Gasteiger partial charge in [0.2, 0.25) is 5.91 Å². The number of para-hydroxylation sites is 1. The quantitative estimate of drug-likeness (QED) is 0.534. The summed E-state index contributed by atoms with van der Waals surface area (Å²) in [6, 6.07) is 19.8. The predicted molar refractivity (Wildman–Crippen MR) is 116 cm³/mol. The summed E-state index contributed by atoms with van der Waals surface area (Å²) in [7, 11) is 0. The van der Waals surface area contributed by atoms with E-state index in [2.05, 4.69) is 10.3 Å². The largest absolute Gasteiger partial charge is 0.341 e. The maximum atomic E-state index is 12.0. The lowest BCUT2D eigenvalue weighted by Crippen LogP contribution is -2.28. The molecule has 0 unspecified atom stereocenters. The Kier molecular flexibility index (Phi) is 4.85. The molecule has 1 saturated heterocycles. The second kappa shape index (κ2) is 7.94. The molecule has 150 valence electrons. The molecule has 0 atom stereocenters. The SMILES string of the molecule is O=C1CCCN1CCn1cnc2c(Nc3ccccc3)nc(-c3ccccc3)nc21. The number of carbonyl (C=O) groups excluding carboxylic acids is 1. The number of nitrogens with zero attached hydrogens (tertiary/aromatic N) is 5. The molecule has 2 aromatic heterocycles. The van der Waals surface area contributed by atoms with Gasteiger partial charge in [0.1, 0.15) is 0 Å². The van der Waals surface area contributed by atoms with Crippen LogP contribution in [0, 0.1) is 0 Å². The number of benzene rings is 2. The number of aromatic nitrogens is 4. The number of nitrogens with one attached hydrogen (secondary N) is 1. The van der Waals surface area contributed by atoms with Crippen molar-refractivity contribution in [1.29, 1.82) is 0 Å². The third-order valence-corrected chi connectivity index (χ3v) is 5.31. The minimum absolute atomic E-state index is 0.227. The van der Waals surface area contributed by atoms with Crippen LogP contribution in [0.25, 0.3) is 22.6 Å². The number of carbonyl (C=O) groups is 1. The van der Waals surface area contributed by atoms with Crippen LogP contribution in [0.2, 0.25) is 0 Å². The molecule has 1 N–H and O–H groups in total. The molecule has 0 radical (unpaired) electrons. The zero-order chi connectivity index (χ0) is 20.3. The van der Waals surface area contributed by atoms with E-state index in [1.165, 1.54) is 0 Å². The number of likely N-dealkylation sites (tertiary alicyclic amines) is 1. The van der Waals surface area contributed by atoms with E-state index in [4.69, 9.17) is 9.97 Å². The average Bonchev–Trinajstić information content (AvgIpc) is 3.39. The fourth-order valence-corrected chi connectivity index (χ4v) is 3.74. The van der Waals surface area contributed by atoms with Crippen LogP contribution < -0.4 is 5.32 Å². The van der Waals surface area contributed by atoms with Crippen LogP contribution in [0.3, 0.4) is 0 Å². The maximum absolute atomic E-state index is 12.0. The molecule has 1 fully saturated rings. The van der Waals surface area contributed by atoms with Gasteiger partial charge < -0.3 is 14.8 Å². The lowest BCUT2D eigenvalue weighted by molar-refractivity contribution is -0.127. The molecule has 1 aliphatic heterocycles. The van der Waals surface area contributed by atoms with Crippen LogP contribution >= 0.6 is 0 Å². The molecule has 5 rings (SSSR count). The summed E-state index contributed by atoms with van der Waals surface area (Å²) in [6.07, 6.45) is 3.37. The van der Waals surface area contributed by atoms with Crippen LogP contribution in [0.15, 0.2) is 67.0 Å². The summed E-state index contributed by atoms with van der Waals surface area (Å²) >= 11 is 0. The molecular weight excluding hydrogens is 376 g/mol. The molecule has 30 heavy (non-hydrogen) atoms. The highest BCUT2D eigenvalue weighted by Crippen LogP contribution is 2.26. The number of fused-ring (bicyclic) bond motifs is 1. The van der Waals surface area contributed by atoms with E-state index in [0.717, 1.165) is 29.9 Å². The van der Waals surface area contributed by atoms with Crippen molar-refractivity contribution in [1.82, 2.24) is 24.4 Å². The van der Waals surface area contributed by atoms with Crippen molar-refractivity contribution in [2.45, 2.75) is 19.4 Å². The van der Waals surface area contributed by atoms with Gasteiger partial charge in [0.05, 0.1) is 6.33 Å². The molecular formula is C23H22N6O. The highest BCUT2D eigenvalue weighted by atomic mass is 16.2. The van der Waals surface area contributed by atoms with Crippen LogP contribution in [-0.4, -0.2) is 43.4 Å². The number of amides is 1. The second-order valence-electron chi connectivity index (χ2n) is 7.35. The number of anilines is 2. The fourth-order valence-electron chi connectivity index (χ4n) is 3.74. The molecule has 1 amide bonds. The summed E-state index contributed by atoms with van der Waals surface area (Å²) < 4.78 is 2.01. The second-order valence-corrected chi connectivity index (χ2v) is 7.35. The van der Waals surface area contributed by atoms with Crippen molar-refractivity contribution in [3.8, 4) is 11.4 Å². The Balaban J connectivity index is 1.54. The number of hydrogen-bond acceptors (Lipinski definition) is 5. The molecule has 0 spiro atoms. The summed E-state index contributed by atoms with van der Waals surface area (Å²) in [4.78, 5) is 28.0. The van der Waals surface area contributed by atoms with Crippen LogP contribution in [0.1, 0.15) is 12.8 Å². The zero-order valence-corrected chi connectivity index (χ0v) is 16.5. The van der Waals surface area contributed by atoms with Gasteiger partial charge >= 0.3 is 0 Å². The van der Waals surface area contributed by atoms with Crippen LogP contribution in [0.4, 0.5) is 11.5 Å². The van der Waals surface area contributed by atoms with E-state index in [9.17, 15) is 4.79 Å². The van der Waals surface area contributed by atoms with E-state index in [-0.39, 0.29) is 5.91 Å².